The molecule has 0 aromatic heterocycles. The van der Waals surface area contributed by atoms with Crippen LogP contribution in [0.25, 0.3) is 0 Å². The van der Waals surface area contributed by atoms with E-state index >= 15 is 0 Å². The maximum atomic E-state index is 5.99. The van der Waals surface area contributed by atoms with Crippen molar-refractivity contribution >= 4 is 0 Å². The molecule has 16 heavy (non-hydrogen) atoms. The van der Waals surface area contributed by atoms with Crippen LogP contribution in [-0.2, 0) is 0 Å². The minimum Gasteiger partial charge on any atom is -0.329 e. The fourth-order valence-corrected chi connectivity index (χ4v) is 3.27. The van der Waals surface area contributed by atoms with Gasteiger partial charge in [-0.25, -0.2) is 0 Å². The Labute approximate surface area is 100 Å². The summed E-state index contributed by atoms with van der Waals surface area (Å²) in [5.41, 5.74) is 6.19. The third-order valence-electron chi connectivity index (χ3n) is 4.57. The molecule has 0 aliphatic heterocycles. The van der Waals surface area contributed by atoms with Crippen molar-refractivity contribution in [1.29, 1.82) is 0 Å². The first-order valence-electron chi connectivity index (χ1n) is 7.20. The van der Waals surface area contributed by atoms with Gasteiger partial charge in [0.1, 0.15) is 0 Å². The Balaban J connectivity index is 1.81. The quantitative estimate of drug-likeness (QED) is 0.753. The van der Waals surface area contributed by atoms with E-state index in [0.717, 1.165) is 18.5 Å². The molecule has 0 bridgehead atoms. The highest BCUT2D eigenvalue weighted by molar-refractivity contribution is 4.92. The number of hydrogen-bond acceptors (Lipinski definition) is 2. The summed E-state index contributed by atoms with van der Waals surface area (Å²) < 4.78 is 0. The molecule has 0 radical (unpaired) electrons. The maximum absolute atomic E-state index is 5.99. The molecule has 2 aliphatic rings. The topological polar surface area (TPSA) is 38.0 Å². The summed E-state index contributed by atoms with van der Waals surface area (Å²) in [6.07, 6.45) is 12.6. The second kappa shape index (κ2) is 5.50. The third-order valence-corrected chi connectivity index (χ3v) is 4.57. The van der Waals surface area contributed by atoms with E-state index in [-0.39, 0.29) is 5.54 Å². The van der Waals surface area contributed by atoms with Crippen LogP contribution in [0.1, 0.15) is 64.7 Å². The number of hydrogen-bond donors (Lipinski definition) is 2. The summed E-state index contributed by atoms with van der Waals surface area (Å²) in [5.74, 6) is 0.949. The lowest BCUT2D eigenvalue weighted by Crippen LogP contribution is -2.54. The number of nitrogens with two attached hydrogens (primary N) is 1. The highest BCUT2D eigenvalue weighted by Crippen LogP contribution is 2.34. The van der Waals surface area contributed by atoms with Gasteiger partial charge in [0.2, 0.25) is 0 Å². The fourth-order valence-electron chi connectivity index (χ4n) is 3.27. The van der Waals surface area contributed by atoms with E-state index in [9.17, 15) is 0 Å². The lowest BCUT2D eigenvalue weighted by Gasteiger charge is -2.40. The number of nitrogens with one attached hydrogen (secondary N) is 1. The zero-order valence-electron chi connectivity index (χ0n) is 10.8. The van der Waals surface area contributed by atoms with E-state index in [2.05, 4.69) is 12.2 Å². The fraction of sp³-hybridized carbons (Fsp3) is 1.00. The van der Waals surface area contributed by atoms with Crippen molar-refractivity contribution < 1.29 is 0 Å². The van der Waals surface area contributed by atoms with Crippen molar-refractivity contribution in [1.82, 2.24) is 5.32 Å². The Bertz CT molecular complexity index is 207. The minimum atomic E-state index is 0.201. The van der Waals surface area contributed by atoms with Gasteiger partial charge in [-0.2, -0.15) is 0 Å². The van der Waals surface area contributed by atoms with Crippen LogP contribution in [0.2, 0.25) is 0 Å². The Morgan fingerprint density at radius 3 is 2.25 bits per heavy atom. The zero-order chi connectivity index (χ0) is 11.4. The molecular formula is C14H28N2. The summed E-state index contributed by atoms with van der Waals surface area (Å²) in [7, 11) is 0. The Morgan fingerprint density at radius 1 is 1.06 bits per heavy atom. The first-order chi connectivity index (χ1) is 7.72. The molecule has 0 spiro atoms. The molecule has 2 heteroatoms. The molecule has 0 aromatic rings. The van der Waals surface area contributed by atoms with Gasteiger partial charge in [-0.15, -0.1) is 0 Å². The summed E-state index contributed by atoms with van der Waals surface area (Å²) in [5, 5.41) is 3.86. The van der Waals surface area contributed by atoms with Gasteiger partial charge in [0.15, 0.2) is 0 Å². The largest absolute Gasteiger partial charge is 0.329 e. The Kier molecular flexibility index (Phi) is 4.26. The van der Waals surface area contributed by atoms with Gasteiger partial charge in [-0.3, -0.25) is 0 Å². The maximum Gasteiger partial charge on any atom is 0.0280 e. The van der Waals surface area contributed by atoms with Crippen LogP contribution < -0.4 is 11.1 Å². The van der Waals surface area contributed by atoms with E-state index in [4.69, 9.17) is 5.73 Å². The molecule has 2 saturated carbocycles. The monoisotopic (exact) mass is 224 g/mol. The molecule has 2 rings (SSSR count). The molecule has 2 nitrogen and oxygen atoms in total. The van der Waals surface area contributed by atoms with Gasteiger partial charge in [-0.1, -0.05) is 38.5 Å². The van der Waals surface area contributed by atoms with E-state index in [1.54, 1.807) is 0 Å². The van der Waals surface area contributed by atoms with E-state index in [0.29, 0.717) is 0 Å². The van der Waals surface area contributed by atoms with Crippen molar-refractivity contribution in [2.75, 3.05) is 6.54 Å². The van der Waals surface area contributed by atoms with Crippen LogP contribution in [0.15, 0.2) is 0 Å². The lowest BCUT2D eigenvalue weighted by atomic mass is 9.76. The zero-order valence-corrected chi connectivity index (χ0v) is 10.8. The molecule has 0 aromatic carbocycles. The summed E-state index contributed by atoms with van der Waals surface area (Å²) in [6.45, 7) is 3.12. The summed E-state index contributed by atoms with van der Waals surface area (Å²) >= 11 is 0. The molecule has 1 atom stereocenters. The predicted octanol–water partition coefficient (Wildman–Crippen LogP) is 2.82. The van der Waals surface area contributed by atoms with Crippen molar-refractivity contribution in [3.8, 4) is 0 Å². The molecule has 0 amide bonds. The van der Waals surface area contributed by atoms with Crippen molar-refractivity contribution in [3.63, 3.8) is 0 Å². The minimum absolute atomic E-state index is 0.201. The predicted molar refractivity (Wildman–Crippen MR) is 69.4 cm³/mol. The second-order valence-electron chi connectivity index (χ2n) is 6.25. The molecule has 2 fully saturated rings. The van der Waals surface area contributed by atoms with E-state index < -0.39 is 0 Å². The van der Waals surface area contributed by atoms with Gasteiger partial charge in [0, 0.05) is 18.1 Å². The van der Waals surface area contributed by atoms with Crippen LogP contribution in [0, 0.1) is 5.92 Å². The SMILES string of the molecule is CC(CN)(CC1CCC1)NC1CCCCC1. The summed E-state index contributed by atoms with van der Waals surface area (Å²) in [6, 6.07) is 0.738. The van der Waals surface area contributed by atoms with E-state index in [1.807, 2.05) is 0 Å². The Hall–Kier alpha value is -0.0800. The molecule has 94 valence electrons. The van der Waals surface area contributed by atoms with Crippen LogP contribution in [0.5, 0.6) is 0 Å². The smallest absolute Gasteiger partial charge is 0.0280 e. The molecular weight excluding hydrogens is 196 g/mol. The third kappa shape index (κ3) is 3.21. The summed E-state index contributed by atoms with van der Waals surface area (Å²) in [4.78, 5) is 0. The van der Waals surface area contributed by atoms with Gasteiger partial charge in [-0.05, 0) is 32.1 Å². The first kappa shape index (κ1) is 12.4. The van der Waals surface area contributed by atoms with Crippen LogP contribution in [-0.4, -0.2) is 18.1 Å². The van der Waals surface area contributed by atoms with Crippen molar-refractivity contribution in [3.05, 3.63) is 0 Å². The van der Waals surface area contributed by atoms with Gasteiger partial charge in [0.05, 0.1) is 0 Å². The molecule has 0 saturated heterocycles. The average Bonchev–Trinajstić information content (AvgIpc) is 2.25. The van der Waals surface area contributed by atoms with Gasteiger partial charge < -0.3 is 11.1 Å². The first-order valence-corrected chi connectivity index (χ1v) is 7.20. The van der Waals surface area contributed by atoms with Crippen molar-refractivity contribution in [2.24, 2.45) is 11.7 Å². The molecule has 2 aliphatic carbocycles. The van der Waals surface area contributed by atoms with Crippen molar-refractivity contribution in [2.45, 2.75) is 76.3 Å². The normalized spacial score (nSPS) is 27.4. The lowest BCUT2D eigenvalue weighted by molar-refractivity contribution is 0.181. The van der Waals surface area contributed by atoms with E-state index in [1.165, 1.54) is 57.8 Å². The van der Waals surface area contributed by atoms with Crippen LogP contribution in [0.3, 0.4) is 0 Å². The van der Waals surface area contributed by atoms with Gasteiger partial charge in [0.25, 0.3) is 0 Å². The molecule has 0 heterocycles. The molecule has 1 unspecified atom stereocenters. The Morgan fingerprint density at radius 2 is 1.75 bits per heavy atom. The standard InChI is InChI=1S/C14H28N2/c1-14(11-15,10-12-6-5-7-12)16-13-8-3-2-4-9-13/h12-13,16H,2-11,15H2,1H3. The highest BCUT2D eigenvalue weighted by atomic mass is 15.0. The molecule has 3 N–H and O–H groups in total. The second-order valence-corrected chi connectivity index (χ2v) is 6.25. The van der Waals surface area contributed by atoms with Crippen LogP contribution >= 0.6 is 0 Å². The van der Waals surface area contributed by atoms with Gasteiger partial charge >= 0.3 is 0 Å². The number of rotatable bonds is 5. The highest BCUT2D eigenvalue weighted by Gasteiger charge is 2.31. The average molecular weight is 224 g/mol. The van der Waals surface area contributed by atoms with Crippen LogP contribution in [0.4, 0.5) is 0 Å².